The summed E-state index contributed by atoms with van der Waals surface area (Å²) in [6, 6.07) is 6.61. The molecular formula is C14H22BrNO. The van der Waals surface area contributed by atoms with Gasteiger partial charge in [-0.1, -0.05) is 42.8 Å². The molecule has 0 saturated heterocycles. The molecule has 17 heavy (non-hydrogen) atoms. The van der Waals surface area contributed by atoms with Gasteiger partial charge in [0.1, 0.15) is 5.75 Å². The van der Waals surface area contributed by atoms with Crippen molar-refractivity contribution < 1.29 is 4.74 Å². The van der Waals surface area contributed by atoms with Gasteiger partial charge < -0.3 is 10.1 Å². The van der Waals surface area contributed by atoms with E-state index in [0.717, 1.165) is 16.8 Å². The van der Waals surface area contributed by atoms with E-state index in [1.807, 2.05) is 19.1 Å². The molecule has 3 heteroatoms. The highest BCUT2D eigenvalue weighted by atomic mass is 79.9. The summed E-state index contributed by atoms with van der Waals surface area (Å²) in [5, 5.41) is 3.52. The summed E-state index contributed by atoms with van der Waals surface area (Å²) in [7, 11) is 0. The molecule has 0 aliphatic heterocycles. The van der Waals surface area contributed by atoms with Gasteiger partial charge in [0.15, 0.2) is 0 Å². The molecule has 1 N–H and O–H groups in total. The summed E-state index contributed by atoms with van der Waals surface area (Å²) >= 11 is 3.64. The molecule has 1 aromatic carbocycles. The van der Waals surface area contributed by atoms with E-state index in [-0.39, 0.29) is 0 Å². The molecule has 0 aliphatic carbocycles. The lowest BCUT2D eigenvalue weighted by Gasteiger charge is -2.23. The Morgan fingerprint density at radius 2 is 2.00 bits per heavy atom. The Hall–Kier alpha value is -0.540. The van der Waals surface area contributed by atoms with Crippen LogP contribution in [0.1, 0.15) is 39.3 Å². The highest BCUT2D eigenvalue weighted by Crippen LogP contribution is 2.31. The Balaban J connectivity index is 2.95. The van der Waals surface area contributed by atoms with Crippen LogP contribution in [0.5, 0.6) is 5.75 Å². The summed E-state index contributed by atoms with van der Waals surface area (Å²) in [6.45, 7) is 10.3. The molecule has 96 valence electrons. The second kappa shape index (κ2) is 7.02. The number of benzene rings is 1. The van der Waals surface area contributed by atoms with Gasteiger partial charge in [0.2, 0.25) is 0 Å². The zero-order valence-corrected chi connectivity index (χ0v) is 12.7. The van der Waals surface area contributed by atoms with Crippen molar-refractivity contribution in [3.05, 3.63) is 28.2 Å². The molecule has 0 heterocycles. The van der Waals surface area contributed by atoms with Gasteiger partial charge in [0.25, 0.3) is 0 Å². The third-order valence-electron chi connectivity index (χ3n) is 2.71. The van der Waals surface area contributed by atoms with Crippen LogP contribution in [0.25, 0.3) is 0 Å². The Morgan fingerprint density at radius 1 is 1.29 bits per heavy atom. The molecule has 0 fully saturated rings. The maximum Gasteiger partial charge on any atom is 0.120 e. The SMILES string of the molecule is CCNC(c1ccc(OCC)cc1Br)C(C)C. The van der Waals surface area contributed by atoms with Crippen molar-refractivity contribution in [3.63, 3.8) is 0 Å². The summed E-state index contributed by atoms with van der Waals surface area (Å²) in [4.78, 5) is 0. The van der Waals surface area contributed by atoms with E-state index in [0.29, 0.717) is 18.6 Å². The van der Waals surface area contributed by atoms with Gasteiger partial charge in [-0.25, -0.2) is 0 Å². The molecule has 0 aromatic heterocycles. The lowest BCUT2D eigenvalue weighted by atomic mass is 9.96. The lowest BCUT2D eigenvalue weighted by Crippen LogP contribution is -2.25. The number of hydrogen-bond acceptors (Lipinski definition) is 2. The zero-order valence-electron chi connectivity index (χ0n) is 11.1. The van der Waals surface area contributed by atoms with E-state index in [2.05, 4.69) is 48.1 Å². The van der Waals surface area contributed by atoms with Crippen molar-refractivity contribution >= 4 is 15.9 Å². The van der Waals surface area contributed by atoms with E-state index in [9.17, 15) is 0 Å². The second-order valence-electron chi connectivity index (χ2n) is 4.40. The molecule has 0 aliphatic rings. The first-order chi connectivity index (χ1) is 8.10. The van der Waals surface area contributed by atoms with Crippen LogP contribution in [-0.4, -0.2) is 13.2 Å². The number of halogens is 1. The summed E-state index contributed by atoms with van der Waals surface area (Å²) in [5.41, 5.74) is 1.30. The van der Waals surface area contributed by atoms with Crippen molar-refractivity contribution in [1.82, 2.24) is 5.32 Å². The molecule has 0 saturated carbocycles. The normalized spacial score (nSPS) is 12.8. The van der Waals surface area contributed by atoms with Gasteiger partial charge in [-0.3, -0.25) is 0 Å². The van der Waals surface area contributed by atoms with Gasteiger partial charge in [-0.2, -0.15) is 0 Å². The predicted molar refractivity (Wildman–Crippen MR) is 76.6 cm³/mol. The van der Waals surface area contributed by atoms with Gasteiger partial charge in [0, 0.05) is 10.5 Å². The average molecular weight is 300 g/mol. The third kappa shape index (κ3) is 4.00. The maximum atomic E-state index is 5.49. The smallest absolute Gasteiger partial charge is 0.120 e. The topological polar surface area (TPSA) is 21.3 Å². The van der Waals surface area contributed by atoms with Gasteiger partial charge >= 0.3 is 0 Å². The predicted octanol–water partition coefficient (Wildman–Crippen LogP) is 4.15. The third-order valence-corrected chi connectivity index (χ3v) is 3.40. The molecule has 1 aromatic rings. The van der Waals surface area contributed by atoms with E-state index in [4.69, 9.17) is 4.74 Å². The van der Waals surface area contributed by atoms with Crippen molar-refractivity contribution in [1.29, 1.82) is 0 Å². The first-order valence-electron chi connectivity index (χ1n) is 6.25. The molecule has 1 unspecified atom stereocenters. The second-order valence-corrected chi connectivity index (χ2v) is 5.25. The number of hydrogen-bond donors (Lipinski definition) is 1. The van der Waals surface area contributed by atoms with E-state index in [1.54, 1.807) is 0 Å². The highest BCUT2D eigenvalue weighted by molar-refractivity contribution is 9.10. The summed E-state index contributed by atoms with van der Waals surface area (Å²) in [5.74, 6) is 1.48. The highest BCUT2D eigenvalue weighted by Gasteiger charge is 2.17. The van der Waals surface area contributed by atoms with Crippen molar-refractivity contribution in [2.24, 2.45) is 5.92 Å². The van der Waals surface area contributed by atoms with Crippen LogP contribution in [0.15, 0.2) is 22.7 Å². The minimum atomic E-state index is 0.380. The maximum absolute atomic E-state index is 5.49. The summed E-state index contributed by atoms with van der Waals surface area (Å²) < 4.78 is 6.61. The van der Waals surface area contributed by atoms with Crippen molar-refractivity contribution in [2.75, 3.05) is 13.2 Å². The Bertz CT molecular complexity index is 352. The Morgan fingerprint density at radius 3 is 2.47 bits per heavy atom. The minimum Gasteiger partial charge on any atom is -0.494 e. The van der Waals surface area contributed by atoms with Gasteiger partial charge in [-0.05, 0) is 37.1 Å². The fraction of sp³-hybridized carbons (Fsp3) is 0.571. The first-order valence-corrected chi connectivity index (χ1v) is 7.05. The number of ether oxygens (including phenoxy) is 1. The average Bonchev–Trinajstić information content (AvgIpc) is 2.27. The Kier molecular flexibility index (Phi) is 6.00. The van der Waals surface area contributed by atoms with E-state index in [1.165, 1.54) is 5.56 Å². The van der Waals surface area contributed by atoms with E-state index >= 15 is 0 Å². The van der Waals surface area contributed by atoms with E-state index < -0.39 is 0 Å². The van der Waals surface area contributed by atoms with Crippen LogP contribution in [0, 0.1) is 5.92 Å². The molecule has 1 rings (SSSR count). The zero-order chi connectivity index (χ0) is 12.8. The first kappa shape index (κ1) is 14.5. The monoisotopic (exact) mass is 299 g/mol. The fourth-order valence-corrected chi connectivity index (χ4v) is 2.55. The molecule has 0 spiro atoms. The molecule has 0 radical (unpaired) electrons. The van der Waals surface area contributed by atoms with Gasteiger partial charge in [0.05, 0.1) is 6.61 Å². The molecule has 1 atom stereocenters. The molecule has 0 bridgehead atoms. The largest absolute Gasteiger partial charge is 0.494 e. The van der Waals surface area contributed by atoms with Crippen LogP contribution in [0.3, 0.4) is 0 Å². The molecule has 2 nitrogen and oxygen atoms in total. The number of nitrogens with one attached hydrogen (secondary N) is 1. The van der Waals surface area contributed by atoms with Crippen LogP contribution in [0.4, 0.5) is 0 Å². The van der Waals surface area contributed by atoms with Crippen LogP contribution < -0.4 is 10.1 Å². The Labute approximate surface area is 113 Å². The summed E-state index contributed by atoms with van der Waals surface area (Å²) in [6.07, 6.45) is 0. The molecular weight excluding hydrogens is 278 g/mol. The quantitative estimate of drug-likeness (QED) is 0.852. The van der Waals surface area contributed by atoms with Crippen molar-refractivity contribution in [2.45, 2.75) is 33.7 Å². The van der Waals surface area contributed by atoms with Crippen LogP contribution in [-0.2, 0) is 0 Å². The minimum absolute atomic E-state index is 0.380. The lowest BCUT2D eigenvalue weighted by molar-refractivity contribution is 0.339. The standard InChI is InChI=1S/C14H22BrNO/c1-5-16-14(10(3)4)12-8-7-11(17-6-2)9-13(12)15/h7-10,14,16H,5-6H2,1-4H3. The van der Waals surface area contributed by atoms with Crippen molar-refractivity contribution in [3.8, 4) is 5.75 Å². The number of rotatable bonds is 6. The van der Waals surface area contributed by atoms with Crippen LogP contribution >= 0.6 is 15.9 Å². The fourth-order valence-electron chi connectivity index (χ4n) is 1.94. The van der Waals surface area contributed by atoms with Gasteiger partial charge in [-0.15, -0.1) is 0 Å². The molecule has 0 amide bonds. The van der Waals surface area contributed by atoms with Crippen LogP contribution in [0.2, 0.25) is 0 Å².